The van der Waals surface area contributed by atoms with Gasteiger partial charge in [-0.25, -0.2) is 0 Å². The van der Waals surface area contributed by atoms with E-state index in [1.807, 2.05) is 31.3 Å². The lowest BCUT2D eigenvalue weighted by molar-refractivity contribution is 0.179. The molecule has 0 saturated heterocycles. The van der Waals surface area contributed by atoms with Crippen LogP contribution in [0.15, 0.2) is 36.7 Å². The van der Waals surface area contributed by atoms with Crippen LogP contribution in [0.2, 0.25) is 0 Å². The second kappa shape index (κ2) is 4.38. The van der Waals surface area contributed by atoms with Crippen LogP contribution in [0.3, 0.4) is 0 Å². The maximum absolute atomic E-state index is 9.93. The van der Waals surface area contributed by atoms with E-state index in [4.69, 9.17) is 0 Å². The average molecular weight is 202 g/mol. The van der Waals surface area contributed by atoms with Gasteiger partial charge in [-0.05, 0) is 24.1 Å². The first-order valence-electron chi connectivity index (χ1n) is 4.98. The Labute approximate surface area is 88.8 Å². The van der Waals surface area contributed by atoms with Crippen LogP contribution in [0.5, 0.6) is 0 Å². The zero-order chi connectivity index (χ0) is 10.7. The number of benzene rings is 1. The number of aliphatic hydroxyl groups excluding tert-OH is 1. The molecule has 0 bridgehead atoms. The van der Waals surface area contributed by atoms with Crippen molar-refractivity contribution in [2.24, 2.45) is 0 Å². The molecule has 0 aliphatic rings. The summed E-state index contributed by atoms with van der Waals surface area (Å²) in [5.41, 5.74) is 0.926. The fourth-order valence-corrected chi connectivity index (χ4v) is 1.73. The van der Waals surface area contributed by atoms with E-state index < -0.39 is 6.10 Å². The first-order valence-corrected chi connectivity index (χ1v) is 4.98. The lowest BCUT2D eigenvalue weighted by atomic mass is 10.0. The van der Waals surface area contributed by atoms with Crippen LogP contribution in [-0.4, -0.2) is 23.7 Å². The molecular weight excluding hydrogens is 188 g/mol. The van der Waals surface area contributed by atoms with Gasteiger partial charge >= 0.3 is 0 Å². The van der Waals surface area contributed by atoms with Gasteiger partial charge < -0.3 is 10.4 Å². The van der Waals surface area contributed by atoms with Crippen LogP contribution in [-0.2, 0) is 0 Å². The minimum absolute atomic E-state index is 0.483. The Morgan fingerprint density at radius 3 is 3.07 bits per heavy atom. The number of hydrogen-bond donors (Lipinski definition) is 2. The van der Waals surface area contributed by atoms with Crippen molar-refractivity contribution in [3.8, 4) is 0 Å². The summed E-state index contributed by atoms with van der Waals surface area (Å²) in [6.07, 6.45) is 3.07. The van der Waals surface area contributed by atoms with E-state index in [1.165, 1.54) is 0 Å². The number of nitrogens with zero attached hydrogens (tertiary/aromatic N) is 1. The molecule has 1 heterocycles. The molecule has 1 unspecified atom stereocenters. The number of aliphatic hydroxyl groups is 1. The third kappa shape index (κ3) is 1.98. The summed E-state index contributed by atoms with van der Waals surface area (Å²) in [5.74, 6) is 0. The highest BCUT2D eigenvalue weighted by molar-refractivity contribution is 5.85. The number of fused-ring (bicyclic) bond motifs is 1. The predicted octanol–water partition coefficient (Wildman–Crippen LogP) is 1.49. The predicted molar refractivity (Wildman–Crippen MR) is 60.6 cm³/mol. The van der Waals surface area contributed by atoms with Crippen LogP contribution in [0.1, 0.15) is 11.7 Å². The third-order valence-electron chi connectivity index (χ3n) is 2.47. The highest BCUT2D eigenvalue weighted by Gasteiger charge is 2.09. The molecule has 2 N–H and O–H groups in total. The molecule has 1 atom stereocenters. The van der Waals surface area contributed by atoms with Crippen molar-refractivity contribution in [2.75, 3.05) is 13.6 Å². The number of rotatable bonds is 3. The molecule has 1 aromatic carbocycles. The van der Waals surface area contributed by atoms with E-state index in [2.05, 4.69) is 10.3 Å². The molecule has 0 aliphatic heterocycles. The molecule has 0 fully saturated rings. The number of hydrogen-bond acceptors (Lipinski definition) is 3. The summed E-state index contributed by atoms with van der Waals surface area (Å²) in [5, 5.41) is 15.0. The van der Waals surface area contributed by atoms with Gasteiger partial charge in [-0.2, -0.15) is 0 Å². The molecule has 2 aromatic rings. The van der Waals surface area contributed by atoms with Gasteiger partial charge in [0.15, 0.2) is 0 Å². The average Bonchev–Trinajstić information content (AvgIpc) is 2.28. The lowest BCUT2D eigenvalue weighted by Gasteiger charge is -2.12. The zero-order valence-electron chi connectivity index (χ0n) is 8.64. The monoisotopic (exact) mass is 202 g/mol. The standard InChI is InChI=1S/C12H14N2O/c1-13-8-12(15)10-4-2-3-9-5-6-14-7-11(9)10/h2-7,12-13,15H,8H2,1H3. The van der Waals surface area contributed by atoms with E-state index in [9.17, 15) is 5.11 Å². The third-order valence-corrected chi connectivity index (χ3v) is 2.47. The van der Waals surface area contributed by atoms with Crippen molar-refractivity contribution in [2.45, 2.75) is 6.10 Å². The number of nitrogens with one attached hydrogen (secondary N) is 1. The summed E-state index contributed by atoms with van der Waals surface area (Å²) in [4.78, 5) is 4.08. The second-order valence-electron chi connectivity index (χ2n) is 3.52. The molecule has 78 valence electrons. The van der Waals surface area contributed by atoms with E-state index >= 15 is 0 Å². The fourth-order valence-electron chi connectivity index (χ4n) is 1.73. The smallest absolute Gasteiger partial charge is 0.0920 e. The van der Waals surface area contributed by atoms with Crippen molar-refractivity contribution in [1.82, 2.24) is 10.3 Å². The first-order chi connectivity index (χ1) is 7.33. The van der Waals surface area contributed by atoms with E-state index in [0.29, 0.717) is 6.54 Å². The molecule has 0 amide bonds. The topological polar surface area (TPSA) is 45.1 Å². The molecule has 15 heavy (non-hydrogen) atoms. The van der Waals surface area contributed by atoms with Crippen molar-refractivity contribution in [3.05, 3.63) is 42.2 Å². The zero-order valence-corrected chi connectivity index (χ0v) is 8.64. The van der Waals surface area contributed by atoms with Gasteiger partial charge in [0.05, 0.1) is 6.10 Å². The highest BCUT2D eigenvalue weighted by atomic mass is 16.3. The van der Waals surface area contributed by atoms with Crippen LogP contribution in [0.25, 0.3) is 10.8 Å². The van der Waals surface area contributed by atoms with Crippen LogP contribution in [0, 0.1) is 0 Å². The molecule has 1 aromatic heterocycles. The molecule has 0 aliphatic carbocycles. The number of pyridine rings is 1. The molecule has 0 radical (unpaired) electrons. The Kier molecular flexibility index (Phi) is 2.94. The number of aromatic nitrogens is 1. The minimum Gasteiger partial charge on any atom is -0.387 e. The largest absolute Gasteiger partial charge is 0.387 e. The normalized spacial score (nSPS) is 12.9. The highest BCUT2D eigenvalue weighted by Crippen LogP contribution is 2.22. The quantitative estimate of drug-likeness (QED) is 0.792. The molecule has 0 spiro atoms. The summed E-state index contributed by atoms with van der Waals surface area (Å²) in [7, 11) is 1.83. The van der Waals surface area contributed by atoms with Gasteiger partial charge in [0.25, 0.3) is 0 Å². The summed E-state index contributed by atoms with van der Waals surface area (Å²) < 4.78 is 0. The Hall–Kier alpha value is -1.45. The summed E-state index contributed by atoms with van der Waals surface area (Å²) in [6.45, 7) is 0.550. The van der Waals surface area contributed by atoms with Crippen molar-refractivity contribution < 1.29 is 5.11 Å². The Morgan fingerprint density at radius 2 is 2.27 bits per heavy atom. The number of likely N-dealkylation sites (N-methyl/N-ethyl adjacent to an activating group) is 1. The van der Waals surface area contributed by atoms with Gasteiger partial charge in [0.1, 0.15) is 0 Å². The van der Waals surface area contributed by atoms with E-state index in [-0.39, 0.29) is 0 Å². The lowest BCUT2D eigenvalue weighted by Crippen LogP contribution is -2.16. The summed E-state index contributed by atoms with van der Waals surface area (Å²) in [6, 6.07) is 7.86. The van der Waals surface area contributed by atoms with E-state index in [0.717, 1.165) is 16.3 Å². The molecule has 3 nitrogen and oxygen atoms in total. The van der Waals surface area contributed by atoms with Gasteiger partial charge in [-0.3, -0.25) is 4.98 Å². The maximum atomic E-state index is 9.93. The van der Waals surface area contributed by atoms with Gasteiger partial charge in [-0.15, -0.1) is 0 Å². The second-order valence-corrected chi connectivity index (χ2v) is 3.52. The molecular formula is C12H14N2O. The Balaban J connectivity index is 2.50. The van der Waals surface area contributed by atoms with Gasteiger partial charge in [0.2, 0.25) is 0 Å². The van der Waals surface area contributed by atoms with Crippen LogP contribution in [0.4, 0.5) is 0 Å². The van der Waals surface area contributed by atoms with Crippen molar-refractivity contribution >= 4 is 10.8 Å². The Bertz CT molecular complexity index is 451. The van der Waals surface area contributed by atoms with Crippen molar-refractivity contribution in [1.29, 1.82) is 0 Å². The van der Waals surface area contributed by atoms with Crippen LogP contribution < -0.4 is 5.32 Å². The molecule has 0 saturated carbocycles. The molecule has 2 rings (SSSR count). The van der Waals surface area contributed by atoms with E-state index in [1.54, 1.807) is 12.4 Å². The Morgan fingerprint density at radius 1 is 1.40 bits per heavy atom. The fraction of sp³-hybridized carbons (Fsp3) is 0.250. The van der Waals surface area contributed by atoms with Gasteiger partial charge in [0, 0.05) is 24.3 Å². The summed E-state index contributed by atoms with van der Waals surface area (Å²) >= 11 is 0. The maximum Gasteiger partial charge on any atom is 0.0920 e. The van der Waals surface area contributed by atoms with Crippen LogP contribution >= 0.6 is 0 Å². The first kappa shape index (κ1) is 10.1. The SMILES string of the molecule is CNCC(O)c1cccc2ccncc12. The van der Waals surface area contributed by atoms with Gasteiger partial charge in [-0.1, -0.05) is 18.2 Å². The molecule has 3 heteroatoms. The van der Waals surface area contributed by atoms with Crippen molar-refractivity contribution in [3.63, 3.8) is 0 Å². The minimum atomic E-state index is -0.483.